The summed E-state index contributed by atoms with van der Waals surface area (Å²) in [6, 6.07) is 3.65. The van der Waals surface area contributed by atoms with E-state index in [0.29, 0.717) is 0 Å². The number of hydrogen-bond acceptors (Lipinski definition) is 4. The summed E-state index contributed by atoms with van der Waals surface area (Å²) in [5, 5.41) is 1.90. The van der Waals surface area contributed by atoms with Crippen LogP contribution in [0.1, 0.15) is 20.8 Å². The van der Waals surface area contributed by atoms with Crippen LogP contribution in [0.15, 0.2) is 29.2 Å². The first-order valence-electron chi connectivity index (χ1n) is 5.27. The molecule has 0 bridgehead atoms. The molecule has 0 aliphatic carbocycles. The van der Waals surface area contributed by atoms with Gasteiger partial charge in [-0.2, -0.15) is 0 Å². The molecule has 0 N–H and O–H groups in total. The van der Waals surface area contributed by atoms with Gasteiger partial charge in [-0.1, -0.05) is 0 Å². The molecule has 0 aromatic carbocycles. The van der Waals surface area contributed by atoms with Crippen molar-refractivity contribution in [3.05, 3.63) is 29.2 Å². The topological polar surface area (TPSA) is 44.1 Å². The Morgan fingerprint density at radius 2 is 2.24 bits per heavy atom. The highest BCUT2D eigenvalue weighted by Gasteiger charge is 2.20. The van der Waals surface area contributed by atoms with Crippen LogP contribution >= 0.6 is 11.3 Å². The van der Waals surface area contributed by atoms with E-state index in [2.05, 4.69) is 4.98 Å². The van der Waals surface area contributed by atoms with Crippen molar-refractivity contribution in [1.82, 2.24) is 9.55 Å². The minimum absolute atomic E-state index is 0.384. The second-order valence-electron chi connectivity index (χ2n) is 4.62. The van der Waals surface area contributed by atoms with Crippen LogP contribution in [0.5, 0.6) is 0 Å². The highest BCUT2D eigenvalue weighted by Crippen LogP contribution is 2.21. The summed E-state index contributed by atoms with van der Waals surface area (Å²) in [5.41, 5.74) is 2.77. The molecular weight excluding hydrogens is 236 g/mol. The van der Waals surface area contributed by atoms with Crippen molar-refractivity contribution in [2.45, 2.75) is 26.4 Å². The molecule has 0 spiro atoms. The lowest BCUT2D eigenvalue weighted by molar-refractivity contribution is 0.0540. The van der Waals surface area contributed by atoms with Gasteiger partial charge in [0, 0.05) is 11.6 Å². The number of nitrogens with zero attached hydrogens (tertiary/aromatic N) is 2. The highest BCUT2D eigenvalue weighted by atomic mass is 32.1. The largest absolute Gasteiger partial charge is 0.443 e. The van der Waals surface area contributed by atoms with Crippen LogP contribution in [-0.2, 0) is 4.74 Å². The van der Waals surface area contributed by atoms with Crippen LogP contribution in [0.4, 0.5) is 4.79 Å². The molecule has 17 heavy (non-hydrogen) atoms. The number of rotatable bonds is 1. The monoisotopic (exact) mass is 250 g/mol. The molecule has 0 unspecified atom stereocenters. The maximum absolute atomic E-state index is 12.0. The Morgan fingerprint density at radius 3 is 2.82 bits per heavy atom. The predicted octanol–water partition coefficient (Wildman–Crippen LogP) is 3.39. The molecule has 0 radical (unpaired) electrons. The third-order valence-corrected chi connectivity index (χ3v) is 2.62. The fraction of sp³-hybridized carbons (Fsp3) is 0.333. The summed E-state index contributed by atoms with van der Waals surface area (Å²) in [4.78, 5) is 16.1. The van der Waals surface area contributed by atoms with Crippen LogP contribution in [-0.4, -0.2) is 21.2 Å². The SMILES string of the molecule is CC(C)(C)OC(=O)n1cccc1-c1cscn1. The van der Waals surface area contributed by atoms with E-state index in [-0.39, 0.29) is 6.09 Å². The summed E-state index contributed by atoms with van der Waals surface area (Å²) in [5.74, 6) is 0. The van der Waals surface area contributed by atoms with Gasteiger partial charge in [0.2, 0.25) is 0 Å². The van der Waals surface area contributed by atoms with Gasteiger partial charge in [0.1, 0.15) is 5.60 Å². The minimum Gasteiger partial charge on any atom is -0.443 e. The first-order valence-corrected chi connectivity index (χ1v) is 6.21. The summed E-state index contributed by atoms with van der Waals surface area (Å²) >= 11 is 1.49. The van der Waals surface area contributed by atoms with Crippen molar-refractivity contribution in [2.24, 2.45) is 0 Å². The fourth-order valence-electron chi connectivity index (χ4n) is 1.40. The zero-order valence-corrected chi connectivity index (χ0v) is 10.8. The zero-order valence-electron chi connectivity index (χ0n) is 10.0. The van der Waals surface area contributed by atoms with Gasteiger partial charge in [-0.3, -0.25) is 4.57 Å². The van der Waals surface area contributed by atoms with E-state index in [1.54, 1.807) is 17.8 Å². The van der Waals surface area contributed by atoms with E-state index in [1.807, 2.05) is 32.2 Å². The predicted molar refractivity (Wildman–Crippen MR) is 67.2 cm³/mol. The van der Waals surface area contributed by atoms with Crippen molar-refractivity contribution in [3.63, 3.8) is 0 Å². The summed E-state index contributed by atoms with van der Waals surface area (Å²) in [6.07, 6.45) is 1.30. The normalized spacial score (nSPS) is 11.5. The molecule has 0 saturated carbocycles. The second kappa shape index (κ2) is 4.33. The van der Waals surface area contributed by atoms with E-state index in [4.69, 9.17) is 4.74 Å². The Labute approximate surface area is 104 Å². The lowest BCUT2D eigenvalue weighted by Crippen LogP contribution is -2.27. The Morgan fingerprint density at radius 1 is 1.47 bits per heavy atom. The second-order valence-corrected chi connectivity index (χ2v) is 5.34. The van der Waals surface area contributed by atoms with Crippen molar-refractivity contribution in [3.8, 4) is 11.4 Å². The molecule has 0 aliphatic heterocycles. The molecule has 0 atom stereocenters. The molecule has 2 rings (SSSR count). The molecule has 90 valence electrons. The van der Waals surface area contributed by atoms with Crippen molar-refractivity contribution in [2.75, 3.05) is 0 Å². The third kappa shape index (κ3) is 2.74. The molecule has 5 heteroatoms. The van der Waals surface area contributed by atoms with Crippen LogP contribution in [0.2, 0.25) is 0 Å². The van der Waals surface area contributed by atoms with E-state index in [0.717, 1.165) is 11.4 Å². The van der Waals surface area contributed by atoms with Gasteiger partial charge in [0.05, 0.1) is 16.9 Å². The summed E-state index contributed by atoms with van der Waals surface area (Å²) in [7, 11) is 0. The smallest absolute Gasteiger partial charge is 0.419 e. The lowest BCUT2D eigenvalue weighted by atomic mass is 10.2. The number of carbonyl (C=O) groups is 1. The van der Waals surface area contributed by atoms with Crippen LogP contribution in [0, 0.1) is 0 Å². The van der Waals surface area contributed by atoms with Crippen molar-refractivity contribution < 1.29 is 9.53 Å². The Balaban J connectivity index is 2.29. The quantitative estimate of drug-likeness (QED) is 0.779. The molecule has 0 saturated heterocycles. The van der Waals surface area contributed by atoms with Gasteiger partial charge < -0.3 is 4.74 Å². The highest BCUT2D eigenvalue weighted by molar-refractivity contribution is 7.07. The zero-order chi connectivity index (χ0) is 12.5. The van der Waals surface area contributed by atoms with Crippen LogP contribution < -0.4 is 0 Å². The Bertz CT molecular complexity index is 509. The first-order chi connectivity index (χ1) is 7.97. The molecule has 0 amide bonds. The van der Waals surface area contributed by atoms with Crippen molar-refractivity contribution in [1.29, 1.82) is 0 Å². The number of carbonyl (C=O) groups excluding carboxylic acids is 1. The molecule has 0 aliphatic rings. The van der Waals surface area contributed by atoms with Gasteiger partial charge in [0.25, 0.3) is 0 Å². The maximum Gasteiger partial charge on any atom is 0.419 e. The summed E-state index contributed by atoms with van der Waals surface area (Å²) < 4.78 is 6.79. The van der Waals surface area contributed by atoms with Gasteiger partial charge >= 0.3 is 6.09 Å². The van der Waals surface area contributed by atoms with Crippen LogP contribution in [0.3, 0.4) is 0 Å². The Kier molecular flexibility index (Phi) is 3.02. The lowest BCUT2D eigenvalue weighted by Gasteiger charge is -2.20. The van der Waals surface area contributed by atoms with E-state index < -0.39 is 5.60 Å². The maximum atomic E-state index is 12.0. The average Bonchev–Trinajstić information content (AvgIpc) is 2.85. The van der Waals surface area contributed by atoms with Gasteiger partial charge in [-0.15, -0.1) is 11.3 Å². The van der Waals surface area contributed by atoms with Gasteiger partial charge in [0.15, 0.2) is 0 Å². The number of hydrogen-bond donors (Lipinski definition) is 0. The molecule has 4 nitrogen and oxygen atoms in total. The third-order valence-electron chi connectivity index (χ3n) is 2.03. The minimum atomic E-state index is -0.499. The molecule has 2 heterocycles. The molecule has 0 fully saturated rings. The molecular formula is C12H14N2O2S. The van der Waals surface area contributed by atoms with Gasteiger partial charge in [-0.25, -0.2) is 9.78 Å². The molecule has 2 aromatic heterocycles. The number of aromatic nitrogens is 2. The van der Waals surface area contributed by atoms with Crippen molar-refractivity contribution >= 4 is 17.4 Å². The fourth-order valence-corrected chi connectivity index (χ4v) is 1.94. The summed E-state index contributed by atoms with van der Waals surface area (Å²) in [6.45, 7) is 5.53. The van der Waals surface area contributed by atoms with E-state index in [9.17, 15) is 4.79 Å². The van der Waals surface area contributed by atoms with E-state index in [1.165, 1.54) is 15.9 Å². The first kappa shape index (κ1) is 11.9. The molecule has 2 aromatic rings. The van der Waals surface area contributed by atoms with E-state index >= 15 is 0 Å². The van der Waals surface area contributed by atoms with Crippen LogP contribution in [0.25, 0.3) is 11.4 Å². The average molecular weight is 250 g/mol. The van der Waals surface area contributed by atoms with Gasteiger partial charge in [-0.05, 0) is 32.9 Å². The standard InChI is InChI=1S/C12H14N2O2S/c1-12(2,3)16-11(15)14-6-4-5-10(14)9-7-17-8-13-9/h4-8H,1-3H3. The number of ether oxygens (including phenoxy) is 1. The number of thiazole rings is 1. The Hall–Kier alpha value is -1.62.